The summed E-state index contributed by atoms with van der Waals surface area (Å²) < 4.78 is 28.3. The number of benzene rings is 4. The molecule has 5 nitrogen and oxygen atoms in total. The zero-order chi connectivity index (χ0) is 27.1. The SMILES string of the molecule is Cc1ccc2c(-c3ccccc3)c(C3=NN(C(=O)c4cccc(F)c4)C(c4cccc(F)c4)C3)c(=O)[nH]c2c1. The maximum absolute atomic E-state index is 14.3. The molecule has 39 heavy (non-hydrogen) atoms. The number of carbonyl (C=O) groups is 1. The summed E-state index contributed by atoms with van der Waals surface area (Å²) in [6.07, 6.45) is 0.171. The molecule has 1 aliphatic rings. The summed E-state index contributed by atoms with van der Waals surface area (Å²) in [5, 5.41) is 6.72. The highest BCUT2D eigenvalue weighted by atomic mass is 19.1. The molecular weight excluding hydrogens is 496 g/mol. The molecule has 0 saturated carbocycles. The summed E-state index contributed by atoms with van der Waals surface area (Å²) >= 11 is 0. The minimum atomic E-state index is -0.691. The molecule has 1 unspecified atom stereocenters. The van der Waals surface area contributed by atoms with E-state index in [0.717, 1.165) is 22.6 Å². The number of halogens is 2. The van der Waals surface area contributed by atoms with Gasteiger partial charge in [0, 0.05) is 28.5 Å². The first-order valence-corrected chi connectivity index (χ1v) is 12.5. The second-order valence-corrected chi connectivity index (χ2v) is 9.60. The van der Waals surface area contributed by atoms with Crippen LogP contribution in [0.2, 0.25) is 0 Å². The number of carbonyl (C=O) groups excluding carboxylic acids is 1. The molecule has 1 atom stereocenters. The molecular formula is C32H23F2N3O2. The van der Waals surface area contributed by atoms with Crippen molar-refractivity contribution in [2.75, 3.05) is 0 Å². The van der Waals surface area contributed by atoms with Gasteiger partial charge >= 0.3 is 0 Å². The predicted octanol–water partition coefficient (Wildman–Crippen LogP) is 6.77. The number of aromatic nitrogens is 1. The third-order valence-electron chi connectivity index (χ3n) is 6.94. The topological polar surface area (TPSA) is 65.5 Å². The van der Waals surface area contributed by atoms with Crippen LogP contribution in [0.25, 0.3) is 22.0 Å². The third-order valence-corrected chi connectivity index (χ3v) is 6.94. The van der Waals surface area contributed by atoms with Gasteiger partial charge < -0.3 is 4.98 Å². The number of aromatic amines is 1. The number of amides is 1. The Hall–Kier alpha value is -4.91. The van der Waals surface area contributed by atoms with Crippen molar-refractivity contribution < 1.29 is 13.6 Å². The second kappa shape index (κ2) is 9.76. The van der Waals surface area contributed by atoms with Gasteiger partial charge in [0.05, 0.1) is 17.3 Å². The average molecular weight is 520 g/mol. The molecule has 1 amide bonds. The Bertz CT molecular complexity index is 1830. The lowest BCUT2D eigenvalue weighted by Crippen LogP contribution is -2.27. The van der Waals surface area contributed by atoms with Gasteiger partial charge in [-0.05, 0) is 60.0 Å². The first-order chi connectivity index (χ1) is 18.9. The van der Waals surface area contributed by atoms with Crippen molar-refractivity contribution >= 4 is 22.5 Å². The number of hydrogen-bond donors (Lipinski definition) is 1. The van der Waals surface area contributed by atoms with Gasteiger partial charge in [-0.1, -0.05) is 60.7 Å². The number of hydrogen-bond acceptors (Lipinski definition) is 3. The van der Waals surface area contributed by atoms with Crippen LogP contribution in [0.5, 0.6) is 0 Å². The molecule has 0 aliphatic carbocycles. The lowest BCUT2D eigenvalue weighted by molar-refractivity contribution is 0.0710. The van der Waals surface area contributed by atoms with E-state index in [1.54, 1.807) is 12.1 Å². The van der Waals surface area contributed by atoms with E-state index < -0.39 is 23.6 Å². The Balaban J connectivity index is 1.57. The Morgan fingerprint density at radius 2 is 1.62 bits per heavy atom. The van der Waals surface area contributed by atoms with Gasteiger partial charge in [0.25, 0.3) is 11.5 Å². The van der Waals surface area contributed by atoms with Crippen molar-refractivity contribution in [3.63, 3.8) is 0 Å². The molecule has 192 valence electrons. The fourth-order valence-corrected chi connectivity index (χ4v) is 5.17. The molecule has 1 aliphatic heterocycles. The number of hydrazone groups is 1. The van der Waals surface area contributed by atoms with Gasteiger partial charge in [0.15, 0.2) is 0 Å². The van der Waals surface area contributed by atoms with Crippen molar-refractivity contribution in [3.8, 4) is 11.1 Å². The van der Waals surface area contributed by atoms with Crippen LogP contribution in [-0.4, -0.2) is 21.6 Å². The maximum Gasteiger partial charge on any atom is 0.274 e. The molecule has 1 aromatic heterocycles. The molecule has 0 fully saturated rings. The predicted molar refractivity (Wildman–Crippen MR) is 148 cm³/mol. The van der Waals surface area contributed by atoms with E-state index in [2.05, 4.69) is 10.1 Å². The molecule has 7 heteroatoms. The number of nitrogens with one attached hydrogen (secondary N) is 1. The molecule has 2 heterocycles. The van der Waals surface area contributed by atoms with Gasteiger partial charge in [-0.2, -0.15) is 5.10 Å². The Labute approximate surface area is 223 Å². The largest absolute Gasteiger partial charge is 0.321 e. The molecule has 6 rings (SSSR count). The van der Waals surface area contributed by atoms with E-state index in [9.17, 15) is 18.4 Å². The maximum atomic E-state index is 14.3. The van der Waals surface area contributed by atoms with Crippen molar-refractivity contribution in [2.24, 2.45) is 5.10 Å². The summed E-state index contributed by atoms with van der Waals surface area (Å²) in [6, 6.07) is 26.0. The number of nitrogens with zero attached hydrogens (tertiary/aromatic N) is 2. The van der Waals surface area contributed by atoms with E-state index in [4.69, 9.17) is 0 Å². The number of aryl methyl sites for hydroxylation is 1. The molecule has 4 aromatic carbocycles. The smallest absolute Gasteiger partial charge is 0.274 e. The minimum Gasteiger partial charge on any atom is -0.321 e. The number of rotatable bonds is 4. The zero-order valence-electron chi connectivity index (χ0n) is 21.0. The summed E-state index contributed by atoms with van der Waals surface area (Å²) in [5.41, 5.74) is 4.23. The van der Waals surface area contributed by atoms with Crippen LogP contribution in [0.1, 0.15) is 39.5 Å². The fourth-order valence-electron chi connectivity index (χ4n) is 5.17. The van der Waals surface area contributed by atoms with Crippen molar-refractivity contribution in [3.05, 3.63) is 141 Å². The number of H-pyrrole nitrogens is 1. The van der Waals surface area contributed by atoms with Gasteiger partial charge in [-0.15, -0.1) is 0 Å². The van der Waals surface area contributed by atoms with E-state index in [-0.39, 0.29) is 17.5 Å². The molecule has 1 N–H and O–H groups in total. The highest BCUT2D eigenvalue weighted by Gasteiger charge is 2.36. The highest BCUT2D eigenvalue weighted by molar-refractivity contribution is 6.13. The van der Waals surface area contributed by atoms with Crippen LogP contribution in [0.3, 0.4) is 0 Å². The lowest BCUT2D eigenvalue weighted by atomic mass is 9.90. The molecule has 5 aromatic rings. The summed E-state index contributed by atoms with van der Waals surface area (Å²) in [4.78, 5) is 30.3. The lowest BCUT2D eigenvalue weighted by Gasteiger charge is -2.22. The zero-order valence-corrected chi connectivity index (χ0v) is 21.0. The van der Waals surface area contributed by atoms with E-state index in [0.29, 0.717) is 27.9 Å². The summed E-state index contributed by atoms with van der Waals surface area (Å²) in [6.45, 7) is 1.95. The molecule has 0 radical (unpaired) electrons. The fraction of sp³-hybridized carbons (Fsp3) is 0.0938. The molecule has 0 saturated heterocycles. The molecule has 0 spiro atoms. The van der Waals surface area contributed by atoms with Gasteiger partial charge in [0.1, 0.15) is 11.6 Å². The Morgan fingerprint density at radius 3 is 2.36 bits per heavy atom. The van der Waals surface area contributed by atoms with Crippen LogP contribution in [0.4, 0.5) is 8.78 Å². The Kier molecular flexibility index (Phi) is 6.11. The van der Waals surface area contributed by atoms with E-state index >= 15 is 0 Å². The first kappa shape index (κ1) is 24.4. The number of fused-ring (bicyclic) bond motifs is 1. The van der Waals surface area contributed by atoms with Crippen molar-refractivity contribution in [2.45, 2.75) is 19.4 Å². The van der Waals surface area contributed by atoms with Gasteiger partial charge in [-0.25, -0.2) is 13.8 Å². The van der Waals surface area contributed by atoms with E-state index in [1.165, 1.54) is 35.3 Å². The molecule has 0 bridgehead atoms. The Morgan fingerprint density at radius 1 is 0.872 bits per heavy atom. The van der Waals surface area contributed by atoms with Crippen LogP contribution in [0.15, 0.2) is 107 Å². The minimum absolute atomic E-state index is 0.104. The quantitative estimate of drug-likeness (QED) is 0.285. The first-order valence-electron chi connectivity index (χ1n) is 12.5. The van der Waals surface area contributed by atoms with Crippen LogP contribution in [0, 0.1) is 18.6 Å². The summed E-state index contributed by atoms with van der Waals surface area (Å²) in [7, 11) is 0. The van der Waals surface area contributed by atoms with Crippen molar-refractivity contribution in [1.82, 2.24) is 9.99 Å². The van der Waals surface area contributed by atoms with Crippen LogP contribution >= 0.6 is 0 Å². The van der Waals surface area contributed by atoms with Crippen LogP contribution in [-0.2, 0) is 0 Å². The van der Waals surface area contributed by atoms with Crippen LogP contribution < -0.4 is 5.56 Å². The monoisotopic (exact) mass is 519 g/mol. The van der Waals surface area contributed by atoms with E-state index in [1.807, 2.05) is 55.5 Å². The van der Waals surface area contributed by atoms with Gasteiger partial charge in [-0.3, -0.25) is 9.59 Å². The van der Waals surface area contributed by atoms with Crippen molar-refractivity contribution in [1.29, 1.82) is 0 Å². The average Bonchev–Trinajstić information content (AvgIpc) is 3.37. The standard InChI is InChI=1S/C32H23F2N3O2/c1-19-13-14-25-26(15-19)35-31(38)30(29(25)20-7-3-2-4-8-20)27-18-28(21-9-5-11-23(33)16-21)37(36-27)32(39)22-10-6-12-24(34)17-22/h2-17,28H,18H2,1H3,(H,35,38). The third kappa shape index (κ3) is 4.52. The normalized spacial score (nSPS) is 15.0. The second-order valence-electron chi connectivity index (χ2n) is 9.60. The highest BCUT2D eigenvalue weighted by Crippen LogP contribution is 2.37. The summed E-state index contributed by atoms with van der Waals surface area (Å²) in [5.74, 6) is -1.56. The van der Waals surface area contributed by atoms with Gasteiger partial charge in [0.2, 0.25) is 0 Å². The number of pyridine rings is 1.